The molecule has 0 aromatic carbocycles. The quantitative estimate of drug-likeness (QED) is 0.904. The summed E-state index contributed by atoms with van der Waals surface area (Å²) in [5.41, 5.74) is 1.08. The summed E-state index contributed by atoms with van der Waals surface area (Å²) in [4.78, 5) is 11.8. The monoisotopic (exact) mass is 290 g/mol. The summed E-state index contributed by atoms with van der Waals surface area (Å²) < 4.78 is 0. The molecule has 1 aliphatic rings. The minimum Gasteiger partial charge on any atom is -0.356 e. The number of hydrogen-bond donors (Lipinski definition) is 1. The number of anilines is 1. The van der Waals surface area contributed by atoms with Gasteiger partial charge in [0.15, 0.2) is 0 Å². The molecule has 4 nitrogen and oxygen atoms in total. The van der Waals surface area contributed by atoms with Crippen molar-refractivity contribution in [3.63, 3.8) is 0 Å². The molecular weight excluding hydrogens is 260 g/mol. The van der Waals surface area contributed by atoms with Crippen LogP contribution in [0.5, 0.6) is 0 Å². The van der Waals surface area contributed by atoms with E-state index < -0.39 is 0 Å². The molecular formula is C17H30N4. The van der Waals surface area contributed by atoms with Crippen LogP contribution in [-0.2, 0) is 0 Å². The molecule has 4 heteroatoms. The molecule has 1 fully saturated rings. The first kappa shape index (κ1) is 16.2. The number of aryl methyl sites for hydroxylation is 1. The van der Waals surface area contributed by atoms with Gasteiger partial charge in [-0.1, -0.05) is 27.7 Å². The SMILES string of the molecule is Cc1cc(N2CCCC(CNC(C)C)C2)nc(C(C)C)n1. The molecule has 1 aromatic heterocycles. The fraction of sp³-hybridized carbons (Fsp3) is 0.765. The molecule has 1 N–H and O–H groups in total. The minimum absolute atomic E-state index is 0.381. The lowest BCUT2D eigenvalue weighted by atomic mass is 9.97. The lowest BCUT2D eigenvalue weighted by Crippen LogP contribution is -2.41. The van der Waals surface area contributed by atoms with Crippen LogP contribution in [0.2, 0.25) is 0 Å². The zero-order valence-electron chi connectivity index (χ0n) is 14.2. The molecule has 0 amide bonds. The number of nitrogens with one attached hydrogen (secondary N) is 1. The molecule has 1 saturated heterocycles. The van der Waals surface area contributed by atoms with Gasteiger partial charge < -0.3 is 10.2 Å². The highest BCUT2D eigenvalue weighted by molar-refractivity contribution is 5.40. The third-order valence-corrected chi connectivity index (χ3v) is 4.03. The van der Waals surface area contributed by atoms with E-state index in [1.807, 2.05) is 0 Å². The molecule has 0 radical (unpaired) electrons. The van der Waals surface area contributed by atoms with E-state index in [4.69, 9.17) is 4.98 Å². The van der Waals surface area contributed by atoms with Gasteiger partial charge in [-0.25, -0.2) is 9.97 Å². The molecule has 2 heterocycles. The first-order valence-electron chi connectivity index (χ1n) is 8.29. The van der Waals surface area contributed by atoms with Crippen molar-refractivity contribution < 1.29 is 0 Å². The van der Waals surface area contributed by atoms with Crippen LogP contribution in [0, 0.1) is 12.8 Å². The number of hydrogen-bond acceptors (Lipinski definition) is 4. The van der Waals surface area contributed by atoms with E-state index in [-0.39, 0.29) is 0 Å². The zero-order valence-corrected chi connectivity index (χ0v) is 14.2. The van der Waals surface area contributed by atoms with Crippen LogP contribution in [0.3, 0.4) is 0 Å². The Morgan fingerprint density at radius 1 is 1.29 bits per heavy atom. The first-order chi connectivity index (χ1) is 9.95. The van der Waals surface area contributed by atoms with Crippen LogP contribution < -0.4 is 10.2 Å². The summed E-state index contributed by atoms with van der Waals surface area (Å²) in [7, 11) is 0. The number of rotatable bonds is 5. The van der Waals surface area contributed by atoms with Gasteiger partial charge in [0.25, 0.3) is 0 Å². The zero-order chi connectivity index (χ0) is 15.4. The second-order valence-electron chi connectivity index (χ2n) is 6.90. The Hall–Kier alpha value is -1.16. The molecule has 1 aromatic rings. The average Bonchev–Trinajstić information content (AvgIpc) is 2.44. The highest BCUT2D eigenvalue weighted by Gasteiger charge is 2.22. The van der Waals surface area contributed by atoms with E-state index in [9.17, 15) is 0 Å². The summed E-state index contributed by atoms with van der Waals surface area (Å²) >= 11 is 0. The largest absolute Gasteiger partial charge is 0.356 e. The van der Waals surface area contributed by atoms with Crippen molar-refractivity contribution in [3.8, 4) is 0 Å². The number of piperidine rings is 1. The van der Waals surface area contributed by atoms with Crippen molar-refractivity contribution >= 4 is 5.82 Å². The molecule has 2 rings (SSSR count). The third-order valence-electron chi connectivity index (χ3n) is 4.03. The Bertz CT molecular complexity index is 456. The Kier molecular flexibility index (Phi) is 5.57. The van der Waals surface area contributed by atoms with Gasteiger partial charge in [0.05, 0.1) is 0 Å². The van der Waals surface area contributed by atoms with E-state index in [2.05, 4.69) is 55.9 Å². The van der Waals surface area contributed by atoms with Crippen LogP contribution in [0.15, 0.2) is 6.07 Å². The molecule has 1 aliphatic heterocycles. The van der Waals surface area contributed by atoms with Gasteiger partial charge in [-0.3, -0.25) is 0 Å². The van der Waals surface area contributed by atoms with Gasteiger partial charge >= 0.3 is 0 Å². The van der Waals surface area contributed by atoms with Gasteiger partial charge in [0.1, 0.15) is 11.6 Å². The van der Waals surface area contributed by atoms with Crippen LogP contribution in [-0.4, -0.2) is 35.6 Å². The highest BCUT2D eigenvalue weighted by atomic mass is 15.2. The first-order valence-corrected chi connectivity index (χ1v) is 8.29. The topological polar surface area (TPSA) is 41.0 Å². The van der Waals surface area contributed by atoms with E-state index in [1.165, 1.54) is 12.8 Å². The molecule has 0 aliphatic carbocycles. The second kappa shape index (κ2) is 7.21. The van der Waals surface area contributed by atoms with Gasteiger partial charge in [-0.05, 0) is 32.2 Å². The van der Waals surface area contributed by atoms with Crippen molar-refractivity contribution in [2.45, 2.75) is 59.4 Å². The van der Waals surface area contributed by atoms with Gasteiger partial charge in [0.2, 0.25) is 0 Å². The van der Waals surface area contributed by atoms with E-state index in [0.717, 1.165) is 42.9 Å². The van der Waals surface area contributed by atoms with Crippen LogP contribution >= 0.6 is 0 Å². The molecule has 118 valence electrons. The Morgan fingerprint density at radius 3 is 2.71 bits per heavy atom. The number of nitrogens with zero attached hydrogens (tertiary/aromatic N) is 3. The van der Waals surface area contributed by atoms with Crippen LogP contribution in [0.4, 0.5) is 5.82 Å². The van der Waals surface area contributed by atoms with Crippen molar-refractivity contribution in [1.82, 2.24) is 15.3 Å². The molecule has 0 saturated carbocycles. The predicted molar refractivity (Wildman–Crippen MR) is 88.9 cm³/mol. The summed E-state index contributed by atoms with van der Waals surface area (Å²) in [6.07, 6.45) is 2.57. The maximum Gasteiger partial charge on any atom is 0.133 e. The van der Waals surface area contributed by atoms with Crippen molar-refractivity contribution in [2.24, 2.45) is 5.92 Å². The Balaban J connectivity index is 2.07. The van der Waals surface area contributed by atoms with Crippen LogP contribution in [0.1, 0.15) is 58.0 Å². The summed E-state index contributed by atoms with van der Waals surface area (Å²) in [5, 5.41) is 3.57. The van der Waals surface area contributed by atoms with Gasteiger partial charge in [-0.15, -0.1) is 0 Å². The van der Waals surface area contributed by atoms with E-state index in [0.29, 0.717) is 12.0 Å². The van der Waals surface area contributed by atoms with Gasteiger partial charge in [-0.2, -0.15) is 0 Å². The average molecular weight is 290 g/mol. The minimum atomic E-state index is 0.381. The standard InChI is InChI=1S/C17H30N4/c1-12(2)17-19-14(5)9-16(20-17)21-8-6-7-15(11-21)10-18-13(3)4/h9,12-13,15,18H,6-8,10-11H2,1-5H3. The fourth-order valence-corrected chi connectivity index (χ4v) is 2.84. The lowest BCUT2D eigenvalue weighted by Gasteiger charge is -2.34. The van der Waals surface area contributed by atoms with E-state index in [1.54, 1.807) is 0 Å². The molecule has 1 unspecified atom stereocenters. The summed E-state index contributed by atoms with van der Waals surface area (Å²) in [6, 6.07) is 2.69. The van der Waals surface area contributed by atoms with Crippen molar-refractivity contribution in [1.29, 1.82) is 0 Å². The molecule has 21 heavy (non-hydrogen) atoms. The summed E-state index contributed by atoms with van der Waals surface area (Å²) in [6.45, 7) is 14.1. The summed E-state index contributed by atoms with van der Waals surface area (Å²) in [5.74, 6) is 3.18. The van der Waals surface area contributed by atoms with Crippen LogP contribution in [0.25, 0.3) is 0 Å². The number of aromatic nitrogens is 2. The van der Waals surface area contributed by atoms with Gasteiger partial charge in [0, 0.05) is 36.8 Å². The van der Waals surface area contributed by atoms with Crippen molar-refractivity contribution in [3.05, 3.63) is 17.6 Å². The lowest BCUT2D eigenvalue weighted by molar-refractivity contribution is 0.378. The smallest absolute Gasteiger partial charge is 0.133 e. The highest BCUT2D eigenvalue weighted by Crippen LogP contribution is 2.23. The second-order valence-corrected chi connectivity index (χ2v) is 6.90. The fourth-order valence-electron chi connectivity index (χ4n) is 2.84. The van der Waals surface area contributed by atoms with E-state index >= 15 is 0 Å². The normalized spacial score (nSPS) is 19.6. The molecule has 1 atom stereocenters. The Labute approximate surface area is 129 Å². The molecule has 0 bridgehead atoms. The third kappa shape index (κ3) is 4.67. The molecule has 0 spiro atoms. The maximum absolute atomic E-state index is 4.78. The maximum atomic E-state index is 4.78. The predicted octanol–water partition coefficient (Wildman–Crippen LogP) is 3.12. The van der Waals surface area contributed by atoms with Crippen molar-refractivity contribution in [2.75, 3.05) is 24.5 Å². The Morgan fingerprint density at radius 2 is 2.05 bits per heavy atom.